The summed E-state index contributed by atoms with van der Waals surface area (Å²) in [6.07, 6.45) is 1.44. The van der Waals surface area contributed by atoms with Crippen LogP contribution in [0.5, 0.6) is 0 Å². The molecule has 6 heteroatoms. The van der Waals surface area contributed by atoms with E-state index in [9.17, 15) is 4.79 Å². The van der Waals surface area contributed by atoms with Crippen molar-refractivity contribution in [2.24, 2.45) is 5.10 Å². The van der Waals surface area contributed by atoms with Crippen LogP contribution in [0.25, 0.3) is 11.3 Å². The number of furan rings is 1. The number of hydrogen-bond donors (Lipinski definition) is 1. The van der Waals surface area contributed by atoms with Gasteiger partial charge in [0.2, 0.25) is 0 Å². The predicted octanol–water partition coefficient (Wildman–Crippen LogP) is 5.43. The first-order valence-electron chi connectivity index (χ1n) is 7.49. The van der Waals surface area contributed by atoms with Gasteiger partial charge in [0, 0.05) is 10.0 Å². The van der Waals surface area contributed by atoms with Gasteiger partial charge in [-0.25, -0.2) is 5.43 Å². The van der Waals surface area contributed by atoms with Gasteiger partial charge in [0.1, 0.15) is 11.5 Å². The van der Waals surface area contributed by atoms with Crippen molar-refractivity contribution < 1.29 is 9.21 Å². The highest BCUT2D eigenvalue weighted by Crippen LogP contribution is 2.30. The van der Waals surface area contributed by atoms with Gasteiger partial charge in [0.05, 0.1) is 16.8 Å². The van der Waals surface area contributed by atoms with Crippen LogP contribution >= 0.6 is 27.5 Å². The highest BCUT2D eigenvalue weighted by molar-refractivity contribution is 9.10. The minimum atomic E-state index is -0.380. The average molecular weight is 418 g/mol. The highest BCUT2D eigenvalue weighted by atomic mass is 79.9. The molecule has 0 unspecified atom stereocenters. The van der Waals surface area contributed by atoms with Gasteiger partial charge in [-0.2, -0.15) is 5.10 Å². The van der Waals surface area contributed by atoms with Crippen molar-refractivity contribution in [3.63, 3.8) is 0 Å². The van der Waals surface area contributed by atoms with E-state index in [1.165, 1.54) is 6.21 Å². The minimum absolute atomic E-state index is 0.366. The highest BCUT2D eigenvalue weighted by Gasteiger charge is 2.09. The van der Waals surface area contributed by atoms with E-state index in [-0.39, 0.29) is 5.91 Å². The zero-order chi connectivity index (χ0) is 17.8. The molecule has 0 aliphatic heterocycles. The van der Waals surface area contributed by atoms with Gasteiger partial charge in [-0.3, -0.25) is 4.79 Å². The van der Waals surface area contributed by atoms with Crippen molar-refractivity contribution >= 4 is 39.7 Å². The lowest BCUT2D eigenvalue weighted by Gasteiger charge is -2.02. The third-order valence-corrected chi connectivity index (χ3v) is 4.48. The van der Waals surface area contributed by atoms with Gasteiger partial charge in [-0.1, -0.05) is 45.7 Å². The normalized spacial score (nSPS) is 11.0. The number of hydrazone groups is 1. The van der Waals surface area contributed by atoms with Crippen LogP contribution in [0.4, 0.5) is 0 Å². The Kier molecular flexibility index (Phi) is 5.36. The Morgan fingerprint density at radius 2 is 2.00 bits per heavy atom. The van der Waals surface area contributed by atoms with E-state index < -0.39 is 0 Å². The fourth-order valence-corrected chi connectivity index (χ4v) is 3.16. The van der Waals surface area contributed by atoms with Gasteiger partial charge in [-0.05, 0) is 48.9 Å². The van der Waals surface area contributed by atoms with Gasteiger partial charge < -0.3 is 4.42 Å². The second-order valence-corrected chi connectivity index (χ2v) is 6.63. The van der Waals surface area contributed by atoms with Crippen molar-refractivity contribution in [2.75, 3.05) is 0 Å². The van der Waals surface area contributed by atoms with Crippen molar-refractivity contribution in [3.8, 4) is 11.3 Å². The van der Waals surface area contributed by atoms with Gasteiger partial charge in [-0.15, -0.1) is 0 Å². The largest absolute Gasteiger partial charge is 0.455 e. The maximum absolute atomic E-state index is 12.0. The summed E-state index contributed by atoms with van der Waals surface area (Å²) in [7, 11) is 0. The maximum atomic E-state index is 12.0. The number of amides is 1. The fourth-order valence-electron chi connectivity index (χ4n) is 2.25. The molecule has 0 aliphatic carbocycles. The third kappa shape index (κ3) is 4.18. The summed E-state index contributed by atoms with van der Waals surface area (Å²) >= 11 is 9.51. The molecule has 1 heterocycles. The quantitative estimate of drug-likeness (QED) is 0.454. The standard InChI is InChI=1S/C19H14BrClN2O2/c1-12-6-8-14(16(20)10-12)18-9-7-13(25-18)11-22-23-19(24)15-4-2-3-5-17(15)21/h2-11H,1H3,(H,23,24)/b22-11-. The van der Waals surface area contributed by atoms with Crippen LogP contribution < -0.4 is 5.43 Å². The first-order chi connectivity index (χ1) is 12.0. The van der Waals surface area contributed by atoms with Crippen molar-refractivity contribution in [1.82, 2.24) is 5.43 Å². The zero-order valence-electron chi connectivity index (χ0n) is 13.3. The molecule has 1 aromatic heterocycles. The zero-order valence-corrected chi connectivity index (χ0v) is 15.6. The number of halogens is 2. The van der Waals surface area contributed by atoms with E-state index in [1.807, 2.05) is 31.2 Å². The summed E-state index contributed by atoms with van der Waals surface area (Å²) in [5.41, 5.74) is 4.91. The van der Waals surface area contributed by atoms with E-state index >= 15 is 0 Å². The summed E-state index contributed by atoms with van der Waals surface area (Å²) in [6.45, 7) is 2.02. The molecule has 0 radical (unpaired) electrons. The number of aryl methyl sites for hydroxylation is 1. The van der Waals surface area contributed by atoms with Crippen LogP contribution in [-0.2, 0) is 0 Å². The Bertz CT molecular complexity index is 950. The number of benzene rings is 2. The lowest BCUT2D eigenvalue weighted by Crippen LogP contribution is -2.17. The van der Waals surface area contributed by atoms with Gasteiger partial charge >= 0.3 is 0 Å². The second kappa shape index (κ2) is 7.68. The molecule has 0 spiro atoms. The van der Waals surface area contributed by atoms with Crippen LogP contribution in [0.15, 0.2) is 68.6 Å². The molecule has 25 heavy (non-hydrogen) atoms. The molecule has 1 N–H and O–H groups in total. The predicted molar refractivity (Wildman–Crippen MR) is 103 cm³/mol. The van der Waals surface area contributed by atoms with Crippen LogP contribution in [0, 0.1) is 6.92 Å². The van der Waals surface area contributed by atoms with Crippen molar-refractivity contribution in [3.05, 3.63) is 81.0 Å². The molecule has 1 amide bonds. The molecule has 0 aliphatic rings. The molecule has 3 rings (SSSR count). The summed E-state index contributed by atoms with van der Waals surface area (Å²) in [4.78, 5) is 12.0. The van der Waals surface area contributed by atoms with Crippen LogP contribution in [-0.4, -0.2) is 12.1 Å². The Morgan fingerprint density at radius 3 is 2.76 bits per heavy atom. The van der Waals surface area contributed by atoms with E-state index in [2.05, 4.69) is 26.5 Å². The molecule has 0 fully saturated rings. The summed E-state index contributed by atoms with van der Waals surface area (Å²) in [5.74, 6) is 0.864. The number of nitrogens with one attached hydrogen (secondary N) is 1. The lowest BCUT2D eigenvalue weighted by atomic mass is 10.1. The van der Waals surface area contributed by atoms with Crippen LogP contribution in [0.1, 0.15) is 21.7 Å². The van der Waals surface area contributed by atoms with E-state index in [0.717, 1.165) is 15.6 Å². The summed E-state index contributed by atoms with van der Waals surface area (Å²) < 4.78 is 6.70. The molecule has 0 atom stereocenters. The van der Waals surface area contributed by atoms with Crippen molar-refractivity contribution in [1.29, 1.82) is 0 Å². The van der Waals surface area contributed by atoms with E-state index in [1.54, 1.807) is 30.3 Å². The molecule has 126 valence electrons. The Morgan fingerprint density at radius 1 is 1.20 bits per heavy atom. The Balaban J connectivity index is 1.70. The summed E-state index contributed by atoms with van der Waals surface area (Å²) in [6, 6.07) is 16.4. The first kappa shape index (κ1) is 17.5. The number of hydrogen-bond acceptors (Lipinski definition) is 3. The molecule has 3 aromatic rings. The lowest BCUT2D eigenvalue weighted by molar-refractivity contribution is 0.0955. The van der Waals surface area contributed by atoms with Crippen molar-refractivity contribution in [2.45, 2.75) is 6.92 Å². The Hall–Kier alpha value is -2.37. The van der Waals surface area contributed by atoms with Gasteiger partial charge in [0.25, 0.3) is 5.91 Å². The van der Waals surface area contributed by atoms with E-state index in [0.29, 0.717) is 22.1 Å². The van der Waals surface area contributed by atoms with Crippen LogP contribution in [0.2, 0.25) is 5.02 Å². The number of rotatable bonds is 4. The second-order valence-electron chi connectivity index (χ2n) is 5.36. The third-order valence-electron chi connectivity index (χ3n) is 3.49. The van der Waals surface area contributed by atoms with Gasteiger partial charge in [0.15, 0.2) is 0 Å². The minimum Gasteiger partial charge on any atom is -0.455 e. The maximum Gasteiger partial charge on any atom is 0.272 e. The molecule has 2 aromatic carbocycles. The smallest absolute Gasteiger partial charge is 0.272 e. The molecular weight excluding hydrogens is 404 g/mol. The topological polar surface area (TPSA) is 54.6 Å². The van der Waals surface area contributed by atoms with Crippen LogP contribution in [0.3, 0.4) is 0 Å². The van der Waals surface area contributed by atoms with E-state index in [4.69, 9.17) is 16.0 Å². The summed E-state index contributed by atoms with van der Waals surface area (Å²) in [5, 5.41) is 4.29. The molecule has 0 saturated heterocycles. The molecule has 4 nitrogen and oxygen atoms in total. The SMILES string of the molecule is Cc1ccc(-c2ccc(/C=N\NC(=O)c3ccccc3Cl)o2)c(Br)c1. The Labute approximate surface area is 158 Å². The first-order valence-corrected chi connectivity index (χ1v) is 8.66. The molecular formula is C19H14BrClN2O2. The number of carbonyl (C=O) groups excluding carboxylic acids is 1. The number of nitrogens with zero attached hydrogens (tertiary/aromatic N) is 1. The average Bonchev–Trinajstić information content (AvgIpc) is 3.03. The molecule has 0 saturated carbocycles. The molecule has 0 bridgehead atoms. The fraction of sp³-hybridized carbons (Fsp3) is 0.0526. The number of carbonyl (C=O) groups is 1. The monoisotopic (exact) mass is 416 g/mol.